The number of nitrogens with one attached hydrogen (secondary N) is 1. The number of esters is 1. The zero-order valence-corrected chi connectivity index (χ0v) is 11.9. The molecule has 1 amide bonds. The Balaban J connectivity index is 2.85. The number of carbonyl (C=O) groups excluding carboxylic acids is 2. The molecule has 0 spiro atoms. The van der Waals surface area contributed by atoms with E-state index in [2.05, 4.69) is 4.74 Å². The normalized spacial score (nSPS) is 12.3. The van der Waals surface area contributed by atoms with Crippen molar-refractivity contribution in [2.45, 2.75) is 25.1 Å². The summed E-state index contributed by atoms with van der Waals surface area (Å²) in [5.41, 5.74) is 0.240. The first-order chi connectivity index (χ1) is 10.6. The van der Waals surface area contributed by atoms with Crippen molar-refractivity contribution >= 4 is 17.6 Å². The van der Waals surface area contributed by atoms with Crippen LogP contribution in [0, 0.1) is 10.1 Å². The minimum Gasteiger partial charge on any atom is -0.469 e. The standard InChI is InChI=1S/C13H13F3N2O5/c1-23-11(19)7-9(17-12(20)13(14,15)16)6-8-2-4-10(5-3-8)18(21)22/h2-5,9H,6-7H2,1H3,(H,17,20)/t9-/m1/s1. The highest BCUT2D eigenvalue weighted by Crippen LogP contribution is 2.17. The Hall–Kier alpha value is -2.65. The molecule has 126 valence electrons. The summed E-state index contributed by atoms with van der Waals surface area (Å²) in [6.45, 7) is 0. The number of nitrogens with zero attached hydrogens (tertiary/aromatic N) is 1. The number of carbonyl (C=O) groups is 2. The summed E-state index contributed by atoms with van der Waals surface area (Å²) in [6, 6.07) is 3.87. The fourth-order valence-electron chi connectivity index (χ4n) is 1.76. The van der Waals surface area contributed by atoms with Crippen LogP contribution in [0.3, 0.4) is 0 Å². The third-order valence-corrected chi connectivity index (χ3v) is 2.86. The highest BCUT2D eigenvalue weighted by atomic mass is 19.4. The van der Waals surface area contributed by atoms with Gasteiger partial charge in [-0.1, -0.05) is 12.1 Å². The molecule has 0 unspecified atom stereocenters. The molecule has 0 aliphatic heterocycles. The van der Waals surface area contributed by atoms with Gasteiger partial charge in [0.25, 0.3) is 5.69 Å². The summed E-state index contributed by atoms with van der Waals surface area (Å²) >= 11 is 0. The second kappa shape index (κ2) is 7.56. The molecule has 0 heterocycles. The molecule has 0 fully saturated rings. The fourth-order valence-corrected chi connectivity index (χ4v) is 1.76. The van der Waals surface area contributed by atoms with E-state index in [0.29, 0.717) is 5.56 Å². The molecule has 1 rings (SSSR count). The van der Waals surface area contributed by atoms with Gasteiger partial charge in [-0.05, 0) is 12.0 Å². The Morgan fingerprint density at radius 1 is 1.30 bits per heavy atom. The second-order valence-electron chi connectivity index (χ2n) is 4.58. The van der Waals surface area contributed by atoms with E-state index in [9.17, 15) is 32.9 Å². The molecule has 0 aliphatic carbocycles. The van der Waals surface area contributed by atoms with Crippen molar-refractivity contribution in [1.82, 2.24) is 5.32 Å². The van der Waals surface area contributed by atoms with Crippen LogP contribution < -0.4 is 5.32 Å². The number of hydrogen-bond donors (Lipinski definition) is 1. The molecule has 0 aromatic heterocycles. The van der Waals surface area contributed by atoms with Crippen LogP contribution in [-0.4, -0.2) is 36.1 Å². The molecular weight excluding hydrogens is 321 g/mol. The highest BCUT2D eigenvalue weighted by Gasteiger charge is 2.40. The largest absolute Gasteiger partial charge is 0.471 e. The average molecular weight is 334 g/mol. The molecule has 0 bridgehead atoms. The maximum Gasteiger partial charge on any atom is 0.471 e. The SMILES string of the molecule is COC(=O)C[C@@H](Cc1ccc([N+](=O)[O-])cc1)NC(=O)C(F)(F)F. The van der Waals surface area contributed by atoms with Crippen LogP contribution >= 0.6 is 0 Å². The smallest absolute Gasteiger partial charge is 0.469 e. The summed E-state index contributed by atoms with van der Waals surface area (Å²) < 4.78 is 41.3. The molecule has 1 aromatic carbocycles. The Morgan fingerprint density at radius 2 is 1.87 bits per heavy atom. The van der Waals surface area contributed by atoms with Gasteiger partial charge >= 0.3 is 18.1 Å². The predicted molar refractivity (Wildman–Crippen MR) is 71.4 cm³/mol. The molecule has 1 N–H and O–H groups in total. The van der Waals surface area contributed by atoms with E-state index in [0.717, 1.165) is 7.11 Å². The minimum absolute atomic E-state index is 0.116. The van der Waals surface area contributed by atoms with E-state index in [-0.39, 0.29) is 12.1 Å². The molecule has 0 saturated carbocycles. The van der Waals surface area contributed by atoms with E-state index in [1.165, 1.54) is 24.3 Å². The van der Waals surface area contributed by atoms with Crippen LogP contribution in [-0.2, 0) is 20.7 Å². The Bertz CT molecular complexity index is 586. The van der Waals surface area contributed by atoms with Crippen molar-refractivity contribution in [3.8, 4) is 0 Å². The first kappa shape index (κ1) is 18.4. The lowest BCUT2D eigenvalue weighted by Crippen LogP contribution is -2.45. The van der Waals surface area contributed by atoms with Gasteiger partial charge in [0.1, 0.15) is 0 Å². The average Bonchev–Trinajstić information content (AvgIpc) is 2.46. The maximum atomic E-state index is 12.3. The Labute approximate surface area is 128 Å². The monoisotopic (exact) mass is 334 g/mol. The van der Waals surface area contributed by atoms with E-state index in [4.69, 9.17) is 0 Å². The fraction of sp³-hybridized carbons (Fsp3) is 0.385. The van der Waals surface area contributed by atoms with E-state index in [1.807, 2.05) is 0 Å². The van der Waals surface area contributed by atoms with Gasteiger partial charge in [0.05, 0.1) is 18.5 Å². The van der Waals surface area contributed by atoms with Gasteiger partial charge in [-0.25, -0.2) is 0 Å². The van der Waals surface area contributed by atoms with Crippen molar-refractivity contribution in [2.75, 3.05) is 7.11 Å². The molecule has 10 heteroatoms. The number of alkyl halides is 3. The van der Waals surface area contributed by atoms with Crippen LogP contribution in [0.4, 0.5) is 18.9 Å². The minimum atomic E-state index is -5.08. The van der Waals surface area contributed by atoms with Gasteiger partial charge < -0.3 is 10.1 Å². The number of non-ortho nitro benzene ring substituents is 1. The summed E-state index contributed by atoms with van der Waals surface area (Å²) in [5.74, 6) is -2.97. The van der Waals surface area contributed by atoms with Crippen LogP contribution in [0.1, 0.15) is 12.0 Å². The van der Waals surface area contributed by atoms with Gasteiger partial charge in [0, 0.05) is 18.2 Å². The topological polar surface area (TPSA) is 98.5 Å². The number of benzene rings is 1. The number of nitro groups is 1. The van der Waals surface area contributed by atoms with E-state index < -0.39 is 35.4 Å². The zero-order valence-electron chi connectivity index (χ0n) is 11.9. The zero-order chi connectivity index (χ0) is 17.6. The predicted octanol–water partition coefficient (Wildman–Crippen LogP) is 1.75. The lowest BCUT2D eigenvalue weighted by Gasteiger charge is -2.18. The quantitative estimate of drug-likeness (QED) is 0.485. The number of methoxy groups -OCH3 is 1. The van der Waals surface area contributed by atoms with Crippen LogP contribution in [0.25, 0.3) is 0 Å². The molecule has 7 nitrogen and oxygen atoms in total. The maximum absolute atomic E-state index is 12.3. The number of amides is 1. The summed E-state index contributed by atoms with van der Waals surface area (Å²) in [6.07, 6.45) is -5.66. The van der Waals surface area contributed by atoms with Gasteiger partial charge in [-0.2, -0.15) is 13.2 Å². The Kier molecular flexibility index (Phi) is 6.05. The molecular formula is C13H13F3N2O5. The van der Waals surface area contributed by atoms with Crippen molar-refractivity contribution in [2.24, 2.45) is 0 Å². The van der Waals surface area contributed by atoms with Gasteiger partial charge in [-0.3, -0.25) is 19.7 Å². The lowest BCUT2D eigenvalue weighted by atomic mass is 10.0. The van der Waals surface area contributed by atoms with Crippen molar-refractivity contribution in [3.63, 3.8) is 0 Å². The third kappa shape index (κ3) is 5.93. The van der Waals surface area contributed by atoms with Gasteiger partial charge in [0.2, 0.25) is 0 Å². The Morgan fingerprint density at radius 3 is 2.30 bits per heavy atom. The van der Waals surface area contributed by atoms with Crippen molar-refractivity contribution in [1.29, 1.82) is 0 Å². The molecule has 0 saturated heterocycles. The molecule has 1 atom stereocenters. The number of hydrogen-bond acceptors (Lipinski definition) is 5. The van der Waals surface area contributed by atoms with Crippen molar-refractivity contribution in [3.05, 3.63) is 39.9 Å². The number of nitro benzene ring substituents is 1. The van der Waals surface area contributed by atoms with Crippen LogP contribution in [0.15, 0.2) is 24.3 Å². The summed E-state index contributed by atoms with van der Waals surface area (Å²) in [7, 11) is 1.07. The second-order valence-corrected chi connectivity index (χ2v) is 4.58. The van der Waals surface area contributed by atoms with Gasteiger partial charge in [0.15, 0.2) is 0 Å². The van der Waals surface area contributed by atoms with E-state index >= 15 is 0 Å². The highest BCUT2D eigenvalue weighted by molar-refractivity contribution is 5.82. The van der Waals surface area contributed by atoms with Crippen LogP contribution in [0.2, 0.25) is 0 Å². The molecule has 1 aromatic rings. The molecule has 0 aliphatic rings. The lowest BCUT2D eigenvalue weighted by molar-refractivity contribution is -0.384. The first-order valence-corrected chi connectivity index (χ1v) is 6.31. The van der Waals surface area contributed by atoms with Crippen LogP contribution in [0.5, 0.6) is 0 Å². The number of rotatable bonds is 6. The number of ether oxygens (including phenoxy) is 1. The van der Waals surface area contributed by atoms with Gasteiger partial charge in [-0.15, -0.1) is 0 Å². The van der Waals surface area contributed by atoms with E-state index in [1.54, 1.807) is 5.32 Å². The van der Waals surface area contributed by atoms with Crippen molar-refractivity contribution < 1.29 is 32.4 Å². The third-order valence-electron chi connectivity index (χ3n) is 2.86. The first-order valence-electron chi connectivity index (χ1n) is 6.31. The molecule has 23 heavy (non-hydrogen) atoms. The number of halogens is 3. The summed E-state index contributed by atoms with van der Waals surface area (Å²) in [4.78, 5) is 32.2. The molecule has 0 radical (unpaired) electrons. The summed E-state index contributed by atoms with van der Waals surface area (Å²) in [5, 5.41) is 12.2.